The number of guanidine groups is 1. The van der Waals surface area contributed by atoms with E-state index in [1.807, 2.05) is 31.2 Å². The number of carbonyl (C=O) groups is 1. The van der Waals surface area contributed by atoms with Gasteiger partial charge in [0.25, 0.3) is 5.91 Å². The van der Waals surface area contributed by atoms with Crippen molar-refractivity contribution in [2.75, 3.05) is 13.6 Å². The molecule has 2 heterocycles. The van der Waals surface area contributed by atoms with Gasteiger partial charge in [-0.1, -0.05) is 0 Å². The van der Waals surface area contributed by atoms with Crippen LogP contribution in [0.4, 0.5) is 0 Å². The Morgan fingerprint density at radius 3 is 2.87 bits per heavy atom. The van der Waals surface area contributed by atoms with Gasteiger partial charge in [0, 0.05) is 19.0 Å². The fourth-order valence-electron chi connectivity index (χ4n) is 2.02. The van der Waals surface area contributed by atoms with Gasteiger partial charge in [0.1, 0.15) is 12.3 Å². The van der Waals surface area contributed by atoms with Gasteiger partial charge < -0.3 is 20.4 Å². The molecule has 0 saturated carbocycles. The standard InChI is InChI=1S/C15H21N5O2S/c1-4-17-15(20(3)8-11-9-23-10(2)19-11)18-7-12-5-6-13(22-12)14(16)21/h5-6,9H,4,7-8H2,1-3H3,(H2,16,21)(H,17,18). The Morgan fingerprint density at radius 2 is 2.30 bits per heavy atom. The second-order valence-electron chi connectivity index (χ2n) is 5.01. The average molecular weight is 335 g/mol. The van der Waals surface area contributed by atoms with Crippen LogP contribution in [0.2, 0.25) is 0 Å². The monoisotopic (exact) mass is 335 g/mol. The molecule has 8 heteroatoms. The smallest absolute Gasteiger partial charge is 0.284 e. The summed E-state index contributed by atoms with van der Waals surface area (Å²) >= 11 is 1.63. The van der Waals surface area contributed by atoms with Gasteiger partial charge in [-0.3, -0.25) is 4.79 Å². The predicted octanol–water partition coefficient (Wildman–Crippen LogP) is 1.74. The molecule has 3 N–H and O–H groups in total. The van der Waals surface area contributed by atoms with Crippen molar-refractivity contribution in [3.63, 3.8) is 0 Å². The molecule has 2 aromatic heterocycles. The SMILES string of the molecule is CCNC(=NCc1ccc(C(N)=O)o1)N(C)Cc1csc(C)n1. The van der Waals surface area contributed by atoms with E-state index >= 15 is 0 Å². The Balaban J connectivity index is 2.04. The molecular formula is C15H21N5O2S. The number of carbonyl (C=O) groups excluding carboxylic acids is 1. The number of nitrogens with two attached hydrogens (primary N) is 1. The van der Waals surface area contributed by atoms with E-state index in [0.29, 0.717) is 18.8 Å². The predicted molar refractivity (Wildman–Crippen MR) is 90.4 cm³/mol. The summed E-state index contributed by atoms with van der Waals surface area (Å²) in [5, 5.41) is 6.32. The number of aryl methyl sites for hydroxylation is 1. The van der Waals surface area contributed by atoms with Crippen LogP contribution in [0.5, 0.6) is 0 Å². The van der Waals surface area contributed by atoms with Crippen molar-refractivity contribution < 1.29 is 9.21 Å². The van der Waals surface area contributed by atoms with Crippen LogP contribution < -0.4 is 11.1 Å². The third kappa shape index (κ3) is 4.82. The third-order valence-corrected chi connectivity index (χ3v) is 3.87. The van der Waals surface area contributed by atoms with E-state index < -0.39 is 5.91 Å². The molecule has 124 valence electrons. The molecule has 2 aromatic rings. The van der Waals surface area contributed by atoms with Crippen LogP contribution in [0.1, 0.15) is 33.9 Å². The number of hydrogen-bond acceptors (Lipinski definition) is 5. The number of primary amides is 1. The Kier molecular flexibility index (Phi) is 5.75. The number of aromatic nitrogens is 1. The molecule has 0 fully saturated rings. The van der Waals surface area contributed by atoms with Crippen LogP contribution in [0.3, 0.4) is 0 Å². The number of aliphatic imine (C=N–C) groups is 1. The summed E-state index contributed by atoms with van der Waals surface area (Å²) < 4.78 is 5.34. The molecule has 0 saturated heterocycles. The maximum Gasteiger partial charge on any atom is 0.284 e. The quantitative estimate of drug-likeness (QED) is 0.619. The van der Waals surface area contributed by atoms with E-state index in [9.17, 15) is 4.79 Å². The zero-order valence-corrected chi connectivity index (χ0v) is 14.3. The molecule has 0 atom stereocenters. The van der Waals surface area contributed by atoms with Crippen molar-refractivity contribution in [3.05, 3.63) is 39.7 Å². The van der Waals surface area contributed by atoms with Gasteiger partial charge in [-0.2, -0.15) is 0 Å². The minimum Gasteiger partial charge on any atom is -0.454 e. The number of amides is 1. The molecule has 7 nitrogen and oxygen atoms in total. The molecule has 0 aliphatic carbocycles. The molecule has 0 aliphatic rings. The topological polar surface area (TPSA) is 96.7 Å². The van der Waals surface area contributed by atoms with Gasteiger partial charge in [0.2, 0.25) is 0 Å². The number of nitrogens with zero attached hydrogens (tertiary/aromatic N) is 3. The first-order valence-corrected chi connectivity index (χ1v) is 8.16. The Morgan fingerprint density at radius 1 is 1.52 bits per heavy atom. The van der Waals surface area contributed by atoms with Crippen molar-refractivity contribution >= 4 is 23.2 Å². The van der Waals surface area contributed by atoms with Crippen molar-refractivity contribution in [1.82, 2.24) is 15.2 Å². The highest BCUT2D eigenvalue weighted by Crippen LogP contribution is 2.11. The zero-order valence-electron chi connectivity index (χ0n) is 13.5. The van der Waals surface area contributed by atoms with Gasteiger partial charge in [-0.15, -0.1) is 11.3 Å². The highest BCUT2D eigenvalue weighted by atomic mass is 32.1. The summed E-state index contributed by atoms with van der Waals surface area (Å²) in [4.78, 5) is 22.0. The third-order valence-electron chi connectivity index (χ3n) is 3.05. The van der Waals surface area contributed by atoms with Crippen LogP contribution in [0.25, 0.3) is 0 Å². The molecule has 0 aromatic carbocycles. The first-order valence-electron chi connectivity index (χ1n) is 7.28. The minimum absolute atomic E-state index is 0.145. The second-order valence-corrected chi connectivity index (χ2v) is 6.08. The number of furan rings is 1. The molecule has 0 radical (unpaired) electrons. The number of nitrogens with one attached hydrogen (secondary N) is 1. The number of thiazole rings is 1. The molecule has 1 amide bonds. The van der Waals surface area contributed by atoms with Crippen LogP contribution in [-0.4, -0.2) is 35.3 Å². The Hall–Kier alpha value is -2.35. The molecule has 0 spiro atoms. The molecule has 0 bridgehead atoms. The molecule has 2 rings (SSSR count). The fraction of sp³-hybridized carbons (Fsp3) is 0.400. The van der Waals surface area contributed by atoms with Crippen LogP contribution >= 0.6 is 11.3 Å². The first-order chi connectivity index (χ1) is 11.0. The van der Waals surface area contributed by atoms with Gasteiger partial charge >= 0.3 is 0 Å². The van der Waals surface area contributed by atoms with Gasteiger partial charge in [-0.25, -0.2) is 9.98 Å². The average Bonchev–Trinajstić information content (AvgIpc) is 3.12. The van der Waals surface area contributed by atoms with E-state index in [1.54, 1.807) is 23.5 Å². The lowest BCUT2D eigenvalue weighted by Gasteiger charge is -2.21. The summed E-state index contributed by atoms with van der Waals surface area (Å²) in [7, 11) is 1.95. The van der Waals surface area contributed by atoms with E-state index in [-0.39, 0.29) is 5.76 Å². The highest BCUT2D eigenvalue weighted by molar-refractivity contribution is 7.09. The van der Waals surface area contributed by atoms with Gasteiger partial charge in [0.15, 0.2) is 11.7 Å². The van der Waals surface area contributed by atoms with E-state index in [1.165, 1.54) is 0 Å². The van der Waals surface area contributed by atoms with Gasteiger partial charge in [-0.05, 0) is 26.0 Å². The molecular weight excluding hydrogens is 314 g/mol. The number of hydrogen-bond donors (Lipinski definition) is 2. The Bertz CT molecular complexity index is 692. The first kappa shape index (κ1) is 17.0. The lowest BCUT2D eigenvalue weighted by Crippen LogP contribution is -2.38. The number of rotatable bonds is 6. The molecule has 23 heavy (non-hydrogen) atoms. The largest absolute Gasteiger partial charge is 0.454 e. The zero-order chi connectivity index (χ0) is 16.8. The van der Waals surface area contributed by atoms with Crippen LogP contribution in [0.15, 0.2) is 26.9 Å². The fourth-order valence-corrected chi connectivity index (χ4v) is 2.62. The summed E-state index contributed by atoms with van der Waals surface area (Å²) in [5.74, 6) is 0.900. The normalized spacial score (nSPS) is 11.5. The van der Waals surface area contributed by atoms with Crippen molar-refractivity contribution in [2.45, 2.75) is 26.9 Å². The summed E-state index contributed by atoms with van der Waals surface area (Å²) in [5.41, 5.74) is 6.18. The molecule has 0 unspecified atom stereocenters. The van der Waals surface area contributed by atoms with Crippen LogP contribution in [-0.2, 0) is 13.1 Å². The summed E-state index contributed by atoms with van der Waals surface area (Å²) in [6, 6.07) is 3.26. The summed E-state index contributed by atoms with van der Waals surface area (Å²) in [6.45, 7) is 5.75. The summed E-state index contributed by atoms with van der Waals surface area (Å²) in [6.07, 6.45) is 0. The van der Waals surface area contributed by atoms with E-state index in [4.69, 9.17) is 10.2 Å². The van der Waals surface area contributed by atoms with Crippen molar-refractivity contribution in [3.8, 4) is 0 Å². The Labute approximate surface area is 139 Å². The van der Waals surface area contributed by atoms with Crippen molar-refractivity contribution in [1.29, 1.82) is 0 Å². The molecule has 0 aliphatic heterocycles. The van der Waals surface area contributed by atoms with Crippen LogP contribution in [0, 0.1) is 6.92 Å². The lowest BCUT2D eigenvalue weighted by molar-refractivity contribution is 0.0972. The minimum atomic E-state index is -0.580. The van der Waals surface area contributed by atoms with Gasteiger partial charge in [0.05, 0.1) is 17.2 Å². The second kappa shape index (κ2) is 7.77. The highest BCUT2D eigenvalue weighted by Gasteiger charge is 2.10. The van der Waals surface area contributed by atoms with E-state index in [2.05, 4.69) is 15.3 Å². The maximum atomic E-state index is 11.0. The lowest BCUT2D eigenvalue weighted by atomic mass is 10.4. The van der Waals surface area contributed by atoms with E-state index in [0.717, 1.165) is 23.2 Å². The maximum absolute atomic E-state index is 11.0. The van der Waals surface area contributed by atoms with Crippen molar-refractivity contribution in [2.24, 2.45) is 10.7 Å².